The van der Waals surface area contributed by atoms with Gasteiger partial charge in [0, 0.05) is 30.2 Å². The second-order valence-corrected chi connectivity index (χ2v) is 5.52. The molecule has 0 unspecified atom stereocenters. The number of H-pyrrole nitrogens is 1. The Bertz CT molecular complexity index is 896. The van der Waals surface area contributed by atoms with Gasteiger partial charge >= 0.3 is 5.69 Å². The average molecular weight is 325 g/mol. The molecular formula is C18H19N3O3. The van der Waals surface area contributed by atoms with Gasteiger partial charge in [0.15, 0.2) is 0 Å². The number of rotatable bonds is 5. The Morgan fingerprint density at radius 2 is 1.96 bits per heavy atom. The summed E-state index contributed by atoms with van der Waals surface area (Å²) in [6, 6.07) is 7.53. The fourth-order valence-corrected chi connectivity index (χ4v) is 2.14. The minimum absolute atomic E-state index is 0.311. The lowest BCUT2D eigenvalue weighted by Gasteiger charge is -2.06. The van der Waals surface area contributed by atoms with E-state index in [1.165, 1.54) is 4.57 Å². The summed E-state index contributed by atoms with van der Waals surface area (Å²) in [5.41, 5.74) is 6.56. The number of aryl methyl sites for hydroxylation is 1. The monoisotopic (exact) mass is 325 g/mol. The lowest BCUT2D eigenvalue weighted by atomic mass is 10.1. The molecule has 0 spiro atoms. The van der Waals surface area contributed by atoms with Crippen molar-refractivity contribution in [3.63, 3.8) is 0 Å². The quantitative estimate of drug-likeness (QED) is 0.631. The second kappa shape index (κ2) is 7.97. The van der Waals surface area contributed by atoms with Crippen molar-refractivity contribution in [2.45, 2.75) is 32.7 Å². The number of hydrogen-bond acceptors (Lipinski definition) is 3. The van der Waals surface area contributed by atoms with Gasteiger partial charge in [-0.15, -0.1) is 0 Å². The van der Waals surface area contributed by atoms with E-state index >= 15 is 0 Å². The van der Waals surface area contributed by atoms with Crippen molar-refractivity contribution in [2.24, 2.45) is 5.73 Å². The number of aromatic amines is 1. The van der Waals surface area contributed by atoms with E-state index < -0.39 is 5.69 Å². The van der Waals surface area contributed by atoms with E-state index in [0.717, 1.165) is 11.1 Å². The average Bonchev–Trinajstić information content (AvgIpc) is 2.53. The van der Waals surface area contributed by atoms with Gasteiger partial charge in [-0.1, -0.05) is 24.0 Å². The van der Waals surface area contributed by atoms with Crippen LogP contribution in [0.5, 0.6) is 0 Å². The van der Waals surface area contributed by atoms with Crippen molar-refractivity contribution in [3.8, 4) is 11.8 Å². The van der Waals surface area contributed by atoms with Crippen LogP contribution in [0.25, 0.3) is 0 Å². The van der Waals surface area contributed by atoms with E-state index in [-0.39, 0.29) is 11.5 Å². The molecule has 1 heterocycles. The summed E-state index contributed by atoms with van der Waals surface area (Å²) in [6.45, 7) is 2.04. The van der Waals surface area contributed by atoms with Gasteiger partial charge in [0.05, 0.1) is 6.54 Å². The van der Waals surface area contributed by atoms with Crippen molar-refractivity contribution >= 4 is 5.91 Å². The molecular weight excluding hydrogens is 306 g/mol. The number of nitrogens with zero attached hydrogens (tertiary/aromatic N) is 1. The van der Waals surface area contributed by atoms with Crippen LogP contribution >= 0.6 is 0 Å². The van der Waals surface area contributed by atoms with E-state index in [9.17, 15) is 14.4 Å². The normalized spacial score (nSPS) is 10.0. The van der Waals surface area contributed by atoms with Gasteiger partial charge in [0.2, 0.25) is 5.91 Å². The lowest BCUT2D eigenvalue weighted by Crippen LogP contribution is -2.31. The number of benzene rings is 1. The van der Waals surface area contributed by atoms with Crippen molar-refractivity contribution in [2.75, 3.05) is 0 Å². The Morgan fingerprint density at radius 1 is 1.25 bits per heavy atom. The van der Waals surface area contributed by atoms with Crippen LogP contribution in [0.4, 0.5) is 0 Å². The molecule has 3 N–H and O–H groups in total. The van der Waals surface area contributed by atoms with Gasteiger partial charge in [-0.05, 0) is 31.0 Å². The van der Waals surface area contributed by atoms with E-state index in [0.29, 0.717) is 31.4 Å². The number of hydrogen-bond donors (Lipinski definition) is 2. The summed E-state index contributed by atoms with van der Waals surface area (Å²) in [6.07, 6.45) is 3.18. The number of carbonyl (C=O) groups excluding carboxylic acids is 1. The first kappa shape index (κ1) is 17.3. The van der Waals surface area contributed by atoms with E-state index in [4.69, 9.17) is 5.73 Å². The minimum atomic E-state index is -0.427. The largest absolute Gasteiger partial charge is 0.370 e. The van der Waals surface area contributed by atoms with Crippen molar-refractivity contribution in [1.29, 1.82) is 0 Å². The SMILES string of the molecule is Cc1cn(Cc2ccc(C#CCCCC(N)=O)cc2)c(=O)[nH]c1=O. The molecule has 0 fully saturated rings. The van der Waals surface area contributed by atoms with E-state index in [1.54, 1.807) is 13.1 Å². The number of nitrogens with one attached hydrogen (secondary N) is 1. The summed E-state index contributed by atoms with van der Waals surface area (Å²) in [7, 11) is 0. The minimum Gasteiger partial charge on any atom is -0.370 e. The van der Waals surface area contributed by atoms with Gasteiger partial charge < -0.3 is 5.73 Å². The van der Waals surface area contributed by atoms with Crippen molar-refractivity contribution in [1.82, 2.24) is 9.55 Å². The summed E-state index contributed by atoms with van der Waals surface area (Å²) >= 11 is 0. The first-order valence-corrected chi connectivity index (χ1v) is 7.62. The van der Waals surface area contributed by atoms with Gasteiger partial charge in [0.1, 0.15) is 0 Å². The maximum Gasteiger partial charge on any atom is 0.328 e. The molecule has 0 bridgehead atoms. The van der Waals surface area contributed by atoms with E-state index in [1.807, 2.05) is 24.3 Å². The van der Waals surface area contributed by atoms with Crippen LogP contribution in [-0.2, 0) is 11.3 Å². The first-order chi connectivity index (χ1) is 11.5. The number of unbranched alkanes of at least 4 members (excludes halogenated alkanes) is 1. The summed E-state index contributed by atoms with van der Waals surface area (Å²) in [4.78, 5) is 36.0. The Balaban J connectivity index is 2.01. The lowest BCUT2D eigenvalue weighted by molar-refractivity contribution is -0.118. The summed E-state index contributed by atoms with van der Waals surface area (Å²) in [5, 5.41) is 0. The first-order valence-electron chi connectivity index (χ1n) is 7.62. The van der Waals surface area contributed by atoms with Crippen LogP contribution in [0.3, 0.4) is 0 Å². The molecule has 2 aromatic rings. The van der Waals surface area contributed by atoms with Crippen molar-refractivity contribution < 1.29 is 4.79 Å². The van der Waals surface area contributed by atoms with Crippen LogP contribution in [-0.4, -0.2) is 15.5 Å². The molecule has 124 valence electrons. The van der Waals surface area contributed by atoms with Crippen LogP contribution in [0.1, 0.15) is 36.0 Å². The Labute approximate surface area is 139 Å². The molecule has 6 nitrogen and oxygen atoms in total. The second-order valence-electron chi connectivity index (χ2n) is 5.52. The third-order valence-corrected chi connectivity index (χ3v) is 3.45. The molecule has 0 atom stereocenters. The Morgan fingerprint density at radius 3 is 2.62 bits per heavy atom. The molecule has 1 amide bonds. The Hall–Kier alpha value is -3.07. The molecule has 0 aliphatic carbocycles. The van der Waals surface area contributed by atoms with Gasteiger partial charge in [-0.25, -0.2) is 4.79 Å². The molecule has 1 aromatic heterocycles. The molecule has 0 aliphatic rings. The number of primary amides is 1. The zero-order valence-electron chi connectivity index (χ0n) is 13.5. The molecule has 24 heavy (non-hydrogen) atoms. The van der Waals surface area contributed by atoms with Crippen molar-refractivity contribution in [3.05, 3.63) is 68.0 Å². The van der Waals surface area contributed by atoms with Crippen LogP contribution in [0.2, 0.25) is 0 Å². The molecule has 6 heteroatoms. The molecule has 0 aliphatic heterocycles. The van der Waals surface area contributed by atoms with Gasteiger partial charge in [-0.2, -0.15) is 0 Å². The number of aromatic nitrogens is 2. The standard InChI is InChI=1S/C18H19N3O3/c1-13-11-21(18(24)20-17(13)23)12-15-9-7-14(8-10-15)5-3-2-4-6-16(19)22/h7-11H,2,4,6,12H2,1H3,(H2,19,22)(H,20,23,24). The third-order valence-electron chi connectivity index (χ3n) is 3.45. The topological polar surface area (TPSA) is 97.9 Å². The molecule has 0 radical (unpaired) electrons. The highest BCUT2D eigenvalue weighted by Crippen LogP contribution is 2.05. The highest BCUT2D eigenvalue weighted by Gasteiger charge is 2.02. The fraction of sp³-hybridized carbons (Fsp3) is 0.278. The summed E-state index contributed by atoms with van der Waals surface area (Å²) in [5.74, 6) is 5.70. The maximum absolute atomic E-state index is 11.8. The zero-order valence-corrected chi connectivity index (χ0v) is 13.5. The Kier molecular flexibility index (Phi) is 5.74. The van der Waals surface area contributed by atoms with Gasteiger partial charge in [0.25, 0.3) is 5.56 Å². The fourth-order valence-electron chi connectivity index (χ4n) is 2.14. The highest BCUT2D eigenvalue weighted by atomic mass is 16.2. The van der Waals surface area contributed by atoms with Crippen LogP contribution in [0.15, 0.2) is 40.1 Å². The molecule has 1 aromatic carbocycles. The number of nitrogens with two attached hydrogens (primary N) is 1. The van der Waals surface area contributed by atoms with Crippen LogP contribution in [0, 0.1) is 18.8 Å². The van der Waals surface area contributed by atoms with Gasteiger partial charge in [-0.3, -0.25) is 19.1 Å². The molecule has 0 saturated heterocycles. The summed E-state index contributed by atoms with van der Waals surface area (Å²) < 4.78 is 1.46. The number of carbonyl (C=O) groups is 1. The number of amides is 1. The maximum atomic E-state index is 11.8. The molecule has 2 rings (SSSR count). The predicted octanol–water partition coefficient (Wildman–Crippen LogP) is 0.900. The zero-order chi connectivity index (χ0) is 17.5. The van der Waals surface area contributed by atoms with Crippen LogP contribution < -0.4 is 17.0 Å². The highest BCUT2D eigenvalue weighted by molar-refractivity contribution is 5.73. The predicted molar refractivity (Wildman–Crippen MR) is 91.5 cm³/mol. The molecule has 0 saturated carbocycles. The smallest absolute Gasteiger partial charge is 0.328 e. The third kappa shape index (κ3) is 4.99. The van der Waals surface area contributed by atoms with E-state index in [2.05, 4.69) is 16.8 Å².